The van der Waals surface area contributed by atoms with Crippen LogP contribution in [0, 0.1) is 11.8 Å². The lowest BCUT2D eigenvalue weighted by Gasteiger charge is -2.28. The Balaban J connectivity index is 1.77. The molecule has 0 saturated heterocycles. The third-order valence-corrected chi connectivity index (χ3v) is 5.13. The van der Waals surface area contributed by atoms with Crippen molar-refractivity contribution in [3.8, 4) is 5.75 Å². The number of rotatable bonds is 10. The number of carbonyl (C=O) groups is 2. The van der Waals surface area contributed by atoms with Crippen LogP contribution in [0.15, 0.2) is 24.3 Å². The largest absolute Gasteiger partial charge is 0.494 e. The van der Waals surface area contributed by atoms with E-state index in [2.05, 4.69) is 12.2 Å². The zero-order chi connectivity index (χ0) is 18.8. The molecule has 0 unspecified atom stereocenters. The van der Waals surface area contributed by atoms with Gasteiger partial charge in [-0.05, 0) is 49.4 Å². The Bertz CT molecular complexity index is 570. The molecule has 1 aliphatic rings. The fraction of sp³-hybridized carbons (Fsp3) is 0.619. The Morgan fingerprint density at radius 2 is 1.85 bits per heavy atom. The summed E-state index contributed by atoms with van der Waals surface area (Å²) >= 11 is 0. The van der Waals surface area contributed by atoms with Gasteiger partial charge in [0.1, 0.15) is 5.75 Å². The summed E-state index contributed by atoms with van der Waals surface area (Å²) in [5.41, 5.74) is 0.575. The van der Waals surface area contributed by atoms with Crippen LogP contribution >= 0.6 is 0 Å². The molecule has 1 amide bonds. The predicted octanol–water partition coefficient (Wildman–Crippen LogP) is 4.27. The molecule has 2 rings (SSSR count). The minimum absolute atomic E-state index is 0.0240. The van der Waals surface area contributed by atoms with E-state index in [1.807, 2.05) is 12.1 Å². The van der Waals surface area contributed by atoms with Crippen molar-refractivity contribution < 1.29 is 19.4 Å². The molecule has 5 heteroatoms. The summed E-state index contributed by atoms with van der Waals surface area (Å²) in [5.74, 6) is -0.446. The van der Waals surface area contributed by atoms with Crippen molar-refractivity contribution in [2.45, 2.75) is 58.3 Å². The topological polar surface area (TPSA) is 75.6 Å². The number of amides is 1. The number of ether oxygens (including phenoxy) is 1. The first-order valence-corrected chi connectivity index (χ1v) is 9.85. The van der Waals surface area contributed by atoms with Gasteiger partial charge in [-0.3, -0.25) is 9.59 Å². The summed E-state index contributed by atoms with van der Waals surface area (Å²) < 4.78 is 5.69. The molecule has 144 valence electrons. The van der Waals surface area contributed by atoms with E-state index in [9.17, 15) is 14.7 Å². The minimum Gasteiger partial charge on any atom is -0.494 e. The van der Waals surface area contributed by atoms with Crippen molar-refractivity contribution in [3.05, 3.63) is 29.8 Å². The van der Waals surface area contributed by atoms with E-state index in [1.54, 1.807) is 12.1 Å². The van der Waals surface area contributed by atoms with Crippen molar-refractivity contribution in [1.29, 1.82) is 0 Å². The highest BCUT2D eigenvalue weighted by Crippen LogP contribution is 2.29. The smallest absolute Gasteiger partial charge is 0.306 e. The molecule has 0 bridgehead atoms. The van der Waals surface area contributed by atoms with Crippen LogP contribution in [0.5, 0.6) is 5.75 Å². The van der Waals surface area contributed by atoms with Crippen molar-refractivity contribution in [1.82, 2.24) is 5.32 Å². The van der Waals surface area contributed by atoms with Crippen molar-refractivity contribution in [3.63, 3.8) is 0 Å². The molecular weight excluding hydrogens is 330 g/mol. The standard InChI is InChI=1S/C21H31NO4/c1-2-3-4-7-14-26-18-12-10-16(11-13-18)20(23)22-15-17-8-5-6-9-19(17)21(24)25/h10-13,17,19H,2-9,14-15H2,1H3,(H,22,23)(H,24,25)/t17-,19-/m0/s1. The highest BCUT2D eigenvalue weighted by Gasteiger charge is 2.30. The lowest BCUT2D eigenvalue weighted by Crippen LogP contribution is -2.37. The summed E-state index contributed by atoms with van der Waals surface area (Å²) in [7, 11) is 0. The van der Waals surface area contributed by atoms with Crippen LogP contribution < -0.4 is 10.1 Å². The Morgan fingerprint density at radius 3 is 2.54 bits per heavy atom. The van der Waals surface area contributed by atoms with E-state index >= 15 is 0 Å². The molecular formula is C21H31NO4. The van der Waals surface area contributed by atoms with Gasteiger partial charge in [-0.1, -0.05) is 39.0 Å². The number of carboxylic acid groups (broad SMARTS) is 1. The number of nitrogens with one attached hydrogen (secondary N) is 1. The van der Waals surface area contributed by atoms with E-state index in [0.29, 0.717) is 25.1 Å². The molecule has 1 saturated carbocycles. The average Bonchev–Trinajstić information content (AvgIpc) is 2.66. The van der Waals surface area contributed by atoms with Gasteiger partial charge < -0.3 is 15.2 Å². The monoisotopic (exact) mass is 361 g/mol. The van der Waals surface area contributed by atoms with Crippen molar-refractivity contribution in [2.75, 3.05) is 13.2 Å². The summed E-state index contributed by atoms with van der Waals surface area (Å²) in [6, 6.07) is 7.14. The highest BCUT2D eigenvalue weighted by atomic mass is 16.5. The first kappa shape index (κ1) is 20.3. The van der Waals surface area contributed by atoms with Crippen LogP contribution in [0.4, 0.5) is 0 Å². The van der Waals surface area contributed by atoms with Gasteiger partial charge in [0.25, 0.3) is 5.91 Å². The zero-order valence-electron chi connectivity index (χ0n) is 15.7. The highest BCUT2D eigenvalue weighted by molar-refractivity contribution is 5.94. The number of unbranched alkanes of at least 4 members (excludes halogenated alkanes) is 3. The van der Waals surface area contributed by atoms with Gasteiger partial charge in [-0.15, -0.1) is 0 Å². The maximum absolute atomic E-state index is 12.3. The van der Waals surface area contributed by atoms with Gasteiger partial charge in [-0.25, -0.2) is 0 Å². The number of benzene rings is 1. The number of carboxylic acids is 1. The Hall–Kier alpha value is -2.04. The van der Waals surface area contributed by atoms with Gasteiger partial charge in [0.15, 0.2) is 0 Å². The summed E-state index contributed by atoms with van der Waals surface area (Å²) in [5, 5.41) is 12.2. The molecule has 5 nitrogen and oxygen atoms in total. The molecule has 0 radical (unpaired) electrons. The fourth-order valence-electron chi connectivity index (χ4n) is 3.52. The second kappa shape index (κ2) is 10.8. The van der Waals surface area contributed by atoms with Crippen LogP contribution in [0.2, 0.25) is 0 Å². The molecule has 2 N–H and O–H groups in total. The molecule has 26 heavy (non-hydrogen) atoms. The van der Waals surface area contributed by atoms with Crippen LogP contribution in [-0.2, 0) is 4.79 Å². The molecule has 0 aromatic heterocycles. The Morgan fingerprint density at radius 1 is 1.12 bits per heavy atom. The van der Waals surface area contributed by atoms with Gasteiger partial charge in [0, 0.05) is 12.1 Å². The van der Waals surface area contributed by atoms with Gasteiger partial charge in [0.05, 0.1) is 12.5 Å². The van der Waals surface area contributed by atoms with Gasteiger partial charge in [-0.2, -0.15) is 0 Å². The van der Waals surface area contributed by atoms with Crippen LogP contribution in [-0.4, -0.2) is 30.1 Å². The van der Waals surface area contributed by atoms with Crippen LogP contribution in [0.3, 0.4) is 0 Å². The van der Waals surface area contributed by atoms with Gasteiger partial charge >= 0.3 is 5.97 Å². The molecule has 2 atom stereocenters. The van der Waals surface area contributed by atoms with Crippen LogP contribution in [0.25, 0.3) is 0 Å². The van der Waals surface area contributed by atoms with E-state index in [4.69, 9.17) is 4.74 Å². The Kier molecular flexibility index (Phi) is 8.45. The molecule has 1 aromatic carbocycles. The molecule has 0 aliphatic heterocycles. The van der Waals surface area contributed by atoms with Crippen molar-refractivity contribution in [2.24, 2.45) is 11.8 Å². The molecule has 1 aromatic rings. The maximum Gasteiger partial charge on any atom is 0.306 e. The average molecular weight is 361 g/mol. The fourth-order valence-corrected chi connectivity index (χ4v) is 3.52. The maximum atomic E-state index is 12.3. The third kappa shape index (κ3) is 6.36. The SMILES string of the molecule is CCCCCCOc1ccc(C(=O)NC[C@@H]2CCCC[C@@H]2C(=O)O)cc1. The normalized spacial score (nSPS) is 19.7. The van der Waals surface area contributed by atoms with E-state index in [-0.39, 0.29) is 17.7 Å². The number of carbonyl (C=O) groups excluding carboxylic acids is 1. The summed E-state index contributed by atoms with van der Waals surface area (Å²) in [4.78, 5) is 23.6. The molecule has 0 heterocycles. The molecule has 1 aliphatic carbocycles. The van der Waals surface area contributed by atoms with Gasteiger partial charge in [0.2, 0.25) is 0 Å². The lowest BCUT2D eigenvalue weighted by atomic mass is 9.79. The first-order chi connectivity index (χ1) is 12.6. The second-order valence-corrected chi connectivity index (χ2v) is 7.13. The number of hydrogen-bond acceptors (Lipinski definition) is 3. The first-order valence-electron chi connectivity index (χ1n) is 9.85. The summed E-state index contributed by atoms with van der Waals surface area (Å²) in [6.45, 7) is 3.30. The van der Waals surface area contributed by atoms with Crippen molar-refractivity contribution >= 4 is 11.9 Å². The van der Waals surface area contributed by atoms with Crippen LogP contribution in [0.1, 0.15) is 68.6 Å². The molecule has 1 fully saturated rings. The van der Waals surface area contributed by atoms with E-state index in [1.165, 1.54) is 19.3 Å². The molecule has 0 spiro atoms. The third-order valence-electron chi connectivity index (χ3n) is 5.13. The quantitative estimate of drug-likeness (QED) is 0.610. The predicted molar refractivity (Wildman–Crippen MR) is 101 cm³/mol. The summed E-state index contributed by atoms with van der Waals surface area (Å²) in [6.07, 6.45) is 8.22. The second-order valence-electron chi connectivity index (χ2n) is 7.13. The lowest BCUT2D eigenvalue weighted by molar-refractivity contribution is -0.144. The number of aliphatic carboxylic acids is 1. The van der Waals surface area contributed by atoms with E-state index < -0.39 is 5.97 Å². The van der Waals surface area contributed by atoms with E-state index in [0.717, 1.165) is 31.4 Å². The number of hydrogen-bond donors (Lipinski definition) is 2. The Labute approximate surface area is 156 Å². The zero-order valence-corrected chi connectivity index (χ0v) is 15.7. The minimum atomic E-state index is -0.746.